The van der Waals surface area contributed by atoms with Gasteiger partial charge in [-0.25, -0.2) is 9.97 Å². The Kier molecular flexibility index (Phi) is 2.58. The van der Waals surface area contributed by atoms with Crippen molar-refractivity contribution in [3.63, 3.8) is 0 Å². The first kappa shape index (κ1) is 11.3. The fraction of sp³-hybridized carbons (Fsp3) is 0.429. The Morgan fingerprint density at radius 2 is 1.89 bits per heavy atom. The summed E-state index contributed by atoms with van der Waals surface area (Å²) in [4.78, 5) is 8.92. The molecule has 0 unspecified atom stereocenters. The van der Waals surface area contributed by atoms with Gasteiger partial charge in [-0.3, -0.25) is 0 Å². The lowest BCUT2D eigenvalue weighted by Crippen LogP contribution is -2.16. The number of anilines is 2. The van der Waals surface area contributed by atoms with Gasteiger partial charge in [-0.05, 0) is 36.8 Å². The van der Waals surface area contributed by atoms with E-state index in [1.807, 2.05) is 24.3 Å². The lowest BCUT2D eigenvalue weighted by atomic mass is 10.0. The average molecular weight is 242 g/mol. The van der Waals surface area contributed by atoms with Crippen molar-refractivity contribution in [2.45, 2.75) is 26.2 Å². The lowest BCUT2D eigenvalue weighted by Gasteiger charge is -2.15. The monoisotopic (exact) mass is 242 g/mol. The van der Waals surface area contributed by atoms with E-state index in [1.165, 1.54) is 19.3 Å². The summed E-state index contributed by atoms with van der Waals surface area (Å²) in [5.74, 6) is 1.20. The molecule has 0 aliphatic heterocycles. The van der Waals surface area contributed by atoms with E-state index in [2.05, 4.69) is 22.2 Å². The Morgan fingerprint density at radius 1 is 1.22 bits per heavy atom. The molecule has 4 heteroatoms. The fourth-order valence-corrected chi connectivity index (χ4v) is 2.25. The van der Waals surface area contributed by atoms with E-state index in [-0.39, 0.29) is 0 Å². The zero-order valence-electron chi connectivity index (χ0n) is 10.6. The van der Waals surface area contributed by atoms with Crippen LogP contribution in [-0.2, 0) is 0 Å². The molecule has 1 aliphatic carbocycles. The van der Waals surface area contributed by atoms with Crippen molar-refractivity contribution in [3.8, 4) is 0 Å². The van der Waals surface area contributed by atoms with Crippen LogP contribution in [0.1, 0.15) is 26.2 Å². The maximum Gasteiger partial charge on any atom is 0.169 e. The number of nitrogens with one attached hydrogen (secondary N) is 1. The van der Waals surface area contributed by atoms with Crippen molar-refractivity contribution >= 4 is 22.7 Å². The number of nitrogens with two attached hydrogens (primary N) is 1. The maximum atomic E-state index is 5.94. The molecule has 0 atom stereocenters. The molecule has 3 rings (SSSR count). The molecule has 3 N–H and O–H groups in total. The van der Waals surface area contributed by atoms with Crippen molar-refractivity contribution in [3.05, 3.63) is 24.3 Å². The van der Waals surface area contributed by atoms with Crippen LogP contribution in [0, 0.1) is 5.41 Å². The third-order valence-corrected chi connectivity index (χ3v) is 3.94. The van der Waals surface area contributed by atoms with Gasteiger partial charge in [-0.15, -0.1) is 0 Å². The molecule has 0 spiro atoms. The minimum absolute atomic E-state index is 0.472. The SMILES string of the molecule is CCC1(CNc2nc3ccccc3nc2N)CC1. The number of fused-ring (bicyclic) bond motifs is 1. The summed E-state index contributed by atoms with van der Waals surface area (Å²) < 4.78 is 0. The number of hydrogen-bond donors (Lipinski definition) is 2. The summed E-state index contributed by atoms with van der Waals surface area (Å²) in [5, 5.41) is 3.36. The molecule has 1 saturated carbocycles. The second-order valence-electron chi connectivity index (χ2n) is 5.15. The van der Waals surface area contributed by atoms with Crippen molar-refractivity contribution in [2.24, 2.45) is 5.41 Å². The molecule has 1 aliphatic rings. The van der Waals surface area contributed by atoms with Crippen LogP contribution in [0.15, 0.2) is 24.3 Å². The van der Waals surface area contributed by atoms with Crippen molar-refractivity contribution < 1.29 is 0 Å². The van der Waals surface area contributed by atoms with E-state index in [0.717, 1.165) is 17.6 Å². The highest BCUT2D eigenvalue weighted by Crippen LogP contribution is 2.48. The molecule has 2 aromatic rings. The van der Waals surface area contributed by atoms with Crippen molar-refractivity contribution in [1.82, 2.24) is 9.97 Å². The quantitative estimate of drug-likeness (QED) is 0.865. The van der Waals surface area contributed by atoms with E-state index in [9.17, 15) is 0 Å². The Bertz CT molecular complexity index is 575. The summed E-state index contributed by atoms with van der Waals surface area (Å²) in [5.41, 5.74) is 8.14. The summed E-state index contributed by atoms with van der Waals surface area (Å²) in [6.45, 7) is 3.19. The summed E-state index contributed by atoms with van der Waals surface area (Å²) in [6.07, 6.45) is 3.82. The van der Waals surface area contributed by atoms with Gasteiger partial charge in [0, 0.05) is 6.54 Å². The molecule has 1 heterocycles. The Balaban J connectivity index is 1.85. The van der Waals surface area contributed by atoms with Gasteiger partial charge in [0.1, 0.15) is 0 Å². The number of benzene rings is 1. The van der Waals surface area contributed by atoms with Gasteiger partial charge in [-0.1, -0.05) is 19.1 Å². The van der Waals surface area contributed by atoms with E-state index in [0.29, 0.717) is 17.1 Å². The molecule has 1 aromatic carbocycles. The predicted octanol–water partition coefficient (Wildman–Crippen LogP) is 2.81. The van der Waals surface area contributed by atoms with E-state index in [4.69, 9.17) is 5.73 Å². The van der Waals surface area contributed by atoms with Crippen LogP contribution >= 0.6 is 0 Å². The smallest absolute Gasteiger partial charge is 0.169 e. The number of aromatic nitrogens is 2. The molecular weight excluding hydrogens is 224 g/mol. The molecule has 18 heavy (non-hydrogen) atoms. The summed E-state index contributed by atoms with van der Waals surface area (Å²) >= 11 is 0. The predicted molar refractivity (Wildman–Crippen MR) is 74.4 cm³/mol. The van der Waals surface area contributed by atoms with Gasteiger partial charge in [0.2, 0.25) is 0 Å². The highest BCUT2D eigenvalue weighted by Gasteiger charge is 2.40. The van der Waals surface area contributed by atoms with E-state index < -0.39 is 0 Å². The molecule has 0 amide bonds. The minimum Gasteiger partial charge on any atom is -0.381 e. The first-order valence-corrected chi connectivity index (χ1v) is 6.49. The van der Waals surface area contributed by atoms with Gasteiger partial charge < -0.3 is 11.1 Å². The highest BCUT2D eigenvalue weighted by atomic mass is 15.1. The van der Waals surface area contributed by atoms with Gasteiger partial charge in [0.15, 0.2) is 11.6 Å². The van der Waals surface area contributed by atoms with Crippen LogP contribution in [0.4, 0.5) is 11.6 Å². The van der Waals surface area contributed by atoms with Crippen molar-refractivity contribution in [1.29, 1.82) is 0 Å². The second kappa shape index (κ2) is 4.12. The number of nitrogen functional groups attached to an aromatic ring is 1. The highest BCUT2D eigenvalue weighted by molar-refractivity contribution is 5.79. The molecule has 0 saturated heterocycles. The van der Waals surface area contributed by atoms with Gasteiger partial charge in [0.05, 0.1) is 11.0 Å². The molecule has 4 nitrogen and oxygen atoms in total. The van der Waals surface area contributed by atoms with E-state index >= 15 is 0 Å². The number of rotatable bonds is 4. The maximum absolute atomic E-state index is 5.94. The molecular formula is C14H18N4. The number of hydrogen-bond acceptors (Lipinski definition) is 4. The largest absolute Gasteiger partial charge is 0.381 e. The fourth-order valence-electron chi connectivity index (χ4n) is 2.25. The molecule has 0 bridgehead atoms. The van der Waals surface area contributed by atoms with Gasteiger partial charge >= 0.3 is 0 Å². The topological polar surface area (TPSA) is 63.8 Å². The Hall–Kier alpha value is -1.84. The van der Waals surface area contributed by atoms with E-state index in [1.54, 1.807) is 0 Å². The van der Waals surface area contributed by atoms with Crippen LogP contribution in [0.3, 0.4) is 0 Å². The minimum atomic E-state index is 0.472. The zero-order chi connectivity index (χ0) is 12.6. The third-order valence-electron chi connectivity index (χ3n) is 3.94. The second-order valence-corrected chi connectivity index (χ2v) is 5.15. The molecule has 0 radical (unpaired) electrons. The zero-order valence-corrected chi connectivity index (χ0v) is 10.6. The van der Waals surface area contributed by atoms with Gasteiger partial charge in [-0.2, -0.15) is 0 Å². The summed E-state index contributed by atoms with van der Waals surface area (Å²) in [6, 6.07) is 7.79. The molecule has 1 fully saturated rings. The first-order valence-electron chi connectivity index (χ1n) is 6.49. The Morgan fingerprint density at radius 3 is 2.50 bits per heavy atom. The molecule has 94 valence electrons. The van der Waals surface area contributed by atoms with Crippen LogP contribution in [-0.4, -0.2) is 16.5 Å². The van der Waals surface area contributed by atoms with Crippen molar-refractivity contribution in [2.75, 3.05) is 17.6 Å². The van der Waals surface area contributed by atoms with Crippen LogP contribution in [0.25, 0.3) is 11.0 Å². The standard InChI is InChI=1S/C14H18N4/c1-2-14(7-8-14)9-16-13-12(15)17-10-5-3-4-6-11(10)18-13/h3-6H,2,7-9H2,1H3,(H2,15,17)(H,16,18). The van der Waals surface area contributed by atoms with Crippen LogP contribution < -0.4 is 11.1 Å². The normalized spacial score (nSPS) is 16.7. The van der Waals surface area contributed by atoms with Crippen LogP contribution in [0.2, 0.25) is 0 Å². The lowest BCUT2D eigenvalue weighted by molar-refractivity contribution is 0.521. The average Bonchev–Trinajstić information content (AvgIpc) is 3.17. The third kappa shape index (κ3) is 1.98. The summed E-state index contributed by atoms with van der Waals surface area (Å²) in [7, 11) is 0. The first-order chi connectivity index (χ1) is 8.72. The number of nitrogens with zero attached hydrogens (tertiary/aromatic N) is 2. The van der Waals surface area contributed by atoms with Crippen LogP contribution in [0.5, 0.6) is 0 Å². The van der Waals surface area contributed by atoms with Gasteiger partial charge in [0.25, 0.3) is 0 Å². The Labute approximate surface area is 107 Å². The number of para-hydroxylation sites is 2. The molecule has 1 aromatic heterocycles.